The van der Waals surface area contributed by atoms with Gasteiger partial charge in [0, 0.05) is 11.1 Å². The quantitative estimate of drug-likeness (QED) is 0.166. The third-order valence-electron chi connectivity index (χ3n) is 5.15. The van der Waals surface area contributed by atoms with Gasteiger partial charge in [0.2, 0.25) is 0 Å². The molecule has 0 aromatic heterocycles. The van der Waals surface area contributed by atoms with E-state index in [1.807, 2.05) is 0 Å². The standard InChI is InChI=1S/C26H13F7/c1-2-13-7-20(28)18(21(29)8-13)6-4-14-3-5-17(19(27)9-14)15-10-16-12-23(31)25(32)26(33)24(16)22(30)11-15/h3,5,7-12H,2H2,1H3. The monoisotopic (exact) mass is 458 g/mol. The first kappa shape index (κ1) is 22.4. The lowest BCUT2D eigenvalue weighted by molar-refractivity contribution is 0.451. The average molecular weight is 458 g/mol. The molecule has 0 unspecified atom stereocenters. The number of aryl methyl sites for hydroxylation is 1. The minimum atomic E-state index is -1.81. The second-order valence-electron chi connectivity index (χ2n) is 7.28. The van der Waals surface area contributed by atoms with Gasteiger partial charge in [0.1, 0.15) is 23.3 Å². The molecule has 0 aliphatic heterocycles. The van der Waals surface area contributed by atoms with Gasteiger partial charge < -0.3 is 0 Å². The largest absolute Gasteiger partial charge is 0.206 e. The number of fused-ring (bicyclic) bond motifs is 1. The van der Waals surface area contributed by atoms with Crippen LogP contribution in [-0.4, -0.2) is 0 Å². The van der Waals surface area contributed by atoms with E-state index in [4.69, 9.17) is 0 Å². The molecule has 0 nitrogen and oxygen atoms in total. The first-order valence-corrected chi connectivity index (χ1v) is 9.76. The first-order valence-electron chi connectivity index (χ1n) is 9.76. The zero-order valence-corrected chi connectivity index (χ0v) is 17.0. The van der Waals surface area contributed by atoms with Crippen LogP contribution in [-0.2, 0) is 6.42 Å². The van der Waals surface area contributed by atoms with Crippen LogP contribution in [0.2, 0.25) is 0 Å². The van der Waals surface area contributed by atoms with E-state index in [1.165, 1.54) is 24.3 Å². The summed E-state index contributed by atoms with van der Waals surface area (Å²) in [6, 6.07) is 8.43. The number of hydrogen-bond donors (Lipinski definition) is 0. The highest BCUT2D eigenvalue weighted by Crippen LogP contribution is 2.32. The van der Waals surface area contributed by atoms with Crippen LogP contribution in [0.5, 0.6) is 0 Å². The third-order valence-corrected chi connectivity index (χ3v) is 5.15. The van der Waals surface area contributed by atoms with E-state index >= 15 is 0 Å². The summed E-state index contributed by atoms with van der Waals surface area (Å²) in [7, 11) is 0. The van der Waals surface area contributed by atoms with Crippen molar-refractivity contribution in [2.45, 2.75) is 13.3 Å². The lowest BCUT2D eigenvalue weighted by Gasteiger charge is -2.09. The summed E-state index contributed by atoms with van der Waals surface area (Å²) in [5.74, 6) is -3.88. The molecule has 4 rings (SSSR count). The summed E-state index contributed by atoms with van der Waals surface area (Å²) in [6.45, 7) is 1.75. The number of halogens is 7. The van der Waals surface area contributed by atoms with E-state index in [2.05, 4.69) is 11.8 Å². The minimum absolute atomic E-state index is 0.0466. The van der Waals surface area contributed by atoms with Gasteiger partial charge in [0.15, 0.2) is 17.5 Å². The van der Waals surface area contributed by atoms with Gasteiger partial charge in [-0.3, -0.25) is 0 Å². The molecule has 0 amide bonds. The Labute approximate surface area is 184 Å². The van der Waals surface area contributed by atoms with Crippen molar-refractivity contribution in [1.82, 2.24) is 0 Å². The van der Waals surface area contributed by atoms with Crippen molar-refractivity contribution < 1.29 is 30.7 Å². The van der Waals surface area contributed by atoms with Gasteiger partial charge in [-0.2, -0.15) is 0 Å². The molecule has 33 heavy (non-hydrogen) atoms. The first-order chi connectivity index (χ1) is 15.7. The predicted octanol–water partition coefficient (Wildman–Crippen LogP) is 7.44. The molecule has 0 aliphatic carbocycles. The zero-order chi connectivity index (χ0) is 23.9. The molecule has 0 heterocycles. The van der Waals surface area contributed by atoms with Crippen molar-refractivity contribution in [1.29, 1.82) is 0 Å². The molecule has 0 bridgehead atoms. The minimum Gasteiger partial charge on any atom is -0.206 e. The summed E-state index contributed by atoms with van der Waals surface area (Å²) in [5, 5.41) is -1.04. The van der Waals surface area contributed by atoms with Gasteiger partial charge in [0.25, 0.3) is 0 Å². The van der Waals surface area contributed by atoms with Gasteiger partial charge in [-0.15, -0.1) is 0 Å². The third kappa shape index (κ3) is 4.17. The highest BCUT2D eigenvalue weighted by Gasteiger charge is 2.19. The second kappa shape index (κ2) is 8.62. The highest BCUT2D eigenvalue weighted by molar-refractivity contribution is 5.88. The Morgan fingerprint density at radius 2 is 1.33 bits per heavy atom. The molecule has 4 aromatic carbocycles. The van der Waals surface area contributed by atoms with Crippen molar-refractivity contribution in [2.24, 2.45) is 0 Å². The molecule has 0 saturated carbocycles. The molecule has 166 valence electrons. The maximum atomic E-state index is 14.7. The van der Waals surface area contributed by atoms with Gasteiger partial charge in [-0.25, -0.2) is 30.7 Å². The predicted molar refractivity (Wildman–Crippen MR) is 111 cm³/mol. The highest BCUT2D eigenvalue weighted by atomic mass is 19.2. The fourth-order valence-corrected chi connectivity index (χ4v) is 3.45. The molecule has 0 spiro atoms. The van der Waals surface area contributed by atoms with E-state index in [1.54, 1.807) is 6.92 Å². The molecular formula is C26H13F7. The summed E-state index contributed by atoms with van der Waals surface area (Å²) in [4.78, 5) is 0. The van der Waals surface area contributed by atoms with Crippen LogP contribution in [0.3, 0.4) is 0 Å². The van der Waals surface area contributed by atoms with Gasteiger partial charge in [0.05, 0.1) is 10.9 Å². The van der Waals surface area contributed by atoms with Crippen LogP contribution in [0.25, 0.3) is 21.9 Å². The van der Waals surface area contributed by atoms with Gasteiger partial charge in [-0.1, -0.05) is 24.8 Å². The Bertz CT molecular complexity index is 1450. The topological polar surface area (TPSA) is 0 Å². The van der Waals surface area contributed by atoms with Crippen molar-refractivity contribution in [3.8, 4) is 23.0 Å². The Morgan fingerprint density at radius 1 is 0.636 bits per heavy atom. The van der Waals surface area contributed by atoms with Crippen LogP contribution >= 0.6 is 0 Å². The van der Waals surface area contributed by atoms with Crippen LogP contribution in [0.1, 0.15) is 23.6 Å². The van der Waals surface area contributed by atoms with Crippen molar-refractivity contribution in [3.63, 3.8) is 0 Å². The Balaban J connectivity index is 1.74. The molecule has 0 fully saturated rings. The maximum Gasteiger partial charge on any atom is 0.195 e. The molecule has 7 heteroatoms. The van der Waals surface area contributed by atoms with Gasteiger partial charge in [-0.05, 0) is 65.4 Å². The molecule has 4 aromatic rings. The molecule has 0 saturated heterocycles. The Kier molecular flexibility index (Phi) is 5.86. The van der Waals surface area contributed by atoms with Crippen LogP contribution in [0.4, 0.5) is 30.7 Å². The van der Waals surface area contributed by atoms with E-state index < -0.39 is 51.7 Å². The van der Waals surface area contributed by atoms with Crippen LogP contribution in [0, 0.1) is 52.6 Å². The van der Waals surface area contributed by atoms with Crippen molar-refractivity contribution in [3.05, 3.63) is 106 Å². The summed E-state index contributed by atoms with van der Waals surface area (Å²) >= 11 is 0. The molecular weight excluding hydrogens is 445 g/mol. The zero-order valence-electron chi connectivity index (χ0n) is 17.0. The molecule has 0 atom stereocenters. The average Bonchev–Trinajstić information content (AvgIpc) is 2.76. The Hall–Kier alpha value is -3.79. The molecule has 0 radical (unpaired) electrons. The normalized spacial score (nSPS) is 10.9. The second-order valence-corrected chi connectivity index (χ2v) is 7.28. The number of benzene rings is 4. The smallest absolute Gasteiger partial charge is 0.195 e. The van der Waals surface area contributed by atoms with Crippen LogP contribution < -0.4 is 0 Å². The van der Waals surface area contributed by atoms with E-state index in [9.17, 15) is 30.7 Å². The molecule has 0 N–H and O–H groups in total. The van der Waals surface area contributed by atoms with E-state index in [0.29, 0.717) is 18.1 Å². The van der Waals surface area contributed by atoms with Crippen molar-refractivity contribution in [2.75, 3.05) is 0 Å². The number of hydrogen-bond acceptors (Lipinski definition) is 0. The lowest BCUT2D eigenvalue weighted by Crippen LogP contribution is -1.96. The number of rotatable bonds is 2. The summed E-state index contributed by atoms with van der Waals surface area (Å²) in [6.07, 6.45) is 0.442. The maximum absolute atomic E-state index is 14.7. The van der Waals surface area contributed by atoms with Crippen LogP contribution in [0.15, 0.2) is 48.5 Å². The fourth-order valence-electron chi connectivity index (χ4n) is 3.45. The van der Waals surface area contributed by atoms with Gasteiger partial charge >= 0.3 is 0 Å². The summed E-state index contributed by atoms with van der Waals surface area (Å²) in [5.41, 5.74) is -0.0542. The molecule has 0 aliphatic rings. The SMILES string of the molecule is CCc1cc(F)c(C#Cc2ccc(-c3cc(F)c4c(F)c(F)c(F)cc4c3)c(F)c2)c(F)c1. The fraction of sp³-hybridized carbons (Fsp3) is 0.0769. The Morgan fingerprint density at radius 3 is 1.97 bits per heavy atom. The van der Waals surface area contributed by atoms with Crippen molar-refractivity contribution >= 4 is 10.8 Å². The van der Waals surface area contributed by atoms with E-state index in [0.717, 1.165) is 18.2 Å². The van der Waals surface area contributed by atoms with E-state index in [-0.39, 0.29) is 22.1 Å². The lowest BCUT2D eigenvalue weighted by atomic mass is 9.98. The summed E-state index contributed by atoms with van der Waals surface area (Å²) < 4.78 is 98.2.